The van der Waals surface area contributed by atoms with Crippen molar-refractivity contribution < 1.29 is 4.79 Å². The van der Waals surface area contributed by atoms with Gasteiger partial charge in [-0.2, -0.15) is 15.8 Å². The van der Waals surface area contributed by atoms with Gasteiger partial charge in [0.1, 0.15) is 5.41 Å². The Morgan fingerprint density at radius 3 is 2.61 bits per heavy atom. The first-order valence-electron chi connectivity index (χ1n) is 10.2. The fourth-order valence-electron chi connectivity index (χ4n) is 5.36. The molecule has 4 rings (SSSR count). The minimum absolute atomic E-state index is 0.000264. The number of fused-ring (bicyclic) bond motifs is 4. The third kappa shape index (κ3) is 2.31. The first-order chi connectivity index (χ1) is 15.0. The highest BCUT2D eigenvalue weighted by atomic mass is 16.2. The Kier molecular flexibility index (Phi) is 4.69. The van der Waals surface area contributed by atoms with Gasteiger partial charge in [-0.15, -0.1) is 6.58 Å². The van der Waals surface area contributed by atoms with Crippen LogP contribution in [0.3, 0.4) is 0 Å². The number of rotatable bonds is 3. The zero-order valence-electron chi connectivity index (χ0n) is 17.3. The Hall–Kier alpha value is -3.86. The number of hydrogen-bond donors (Lipinski definition) is 1. The molecule has 0 fully saturated rings. The highest BCUT2D eigenvalue weighted by Crippen LogP contribution is 2.60. The quantitative estimate of drug-likeness (QED) is 0.762. The number of hydrogen-bond acceptors (Lipinski definition) is 6. The lowest BCUT2D eigenvalue weighted by Crippen LogP contribution is -2.58. The van der Waals surface area contributed by atoms with E-state index in [2.05, 4.69) is 29.7 Å². The van der Waals surface area contributed by atoms with Gasteiger partial charge < -0.3 is 10.6 Å². The normalized spacial score (nSPS) is 26.4. The Bertz CT molecular complexity index is 1160. The lowest BCUT2D eigenvalue weighted by Gasteiger charge is -2.49. The standard InChI is InChI=1S/C24H22N6O/c1-3-10-30-20-8-6-5-7-17(20)24(22(30)31)18(12-25)21(28)23(14-26,15-27)16-9-11-29(4-2)13-19(16)24/h3,5-9,19H,1,4,10-11,13,28H2,2H3/t19-,24-/m1/s1. The molecule has 7 nitrogen and oxygen atoms in total. The Balaban J connectivity index is 2.15. The summed E-state index contributed by atoms with van der Waals surface area (Å²) in [7, 11) is 0. The summed E-state index contributed by atoms with van der Waals surface area (Å²) in [6.07, 6.45) is 3.49. The molecule has 0 unspecified atom stereocenters. The summed E-state index contributed by atoms with van der Waals surface area (Å²) in [6, 6.07) is 13.6. The van der Waals surface area contributed by atoms with E-state index in [1.807, 2.05) is 37.3 Å². The molecule has 1 aromatic carbocycles. The van der Waals surface area contributed by atoms with Gasteiger partial charge in [0.05, 0.1) is 29.5 Å². The molecule has 1 aromatic rings. The van der Waals surface area contributed by atoms with Crippen molar-refractivity contribution >= 4 is 11.6 Å². The summed E-state index contributed by atoms with van der Waals surface area (Å²) in [5.41, 5.74) is 5.03. The molecule has 2 heterocycles. The van der Waals surface area contributed by atoms with E-state index in [0.717, 1.165) is 6.54 Å². The van der Waals surface area contributed by atoms with Gasteiger partial charge in [0.25, 0.3) is 0 Å². The van der Waals surface area contributed by atoms with Gasteiger partial charge in [0.15, 0.2) is 0 Å². The van der Waals surface area contributed by atoms with E-state index in [1.165, 1.54) is 0 Å². The van der Waals surface area contributed by atoms with Crippen molar-refractivity contribution in [3.8, 4) is 18.2 Å². The van der Waals surface area contributed by atoms with Gasteiger partial charge in [0, 0.05) is 31.2 Å². The molecule has 2 N–H and O–H groups in total. The maximum absolute atomic E-state index is 14.1. The van der Waals surface area contributed by atoms with Crippen molar-refractivity contribution in [1.29, 1.82) is 15.8 Å². The van der Waals surface area contributed by atoms with Gasteiger partial charge in [-0.3, -0.25) is 9.69 Å². The number of carbonyl (C=O) groups excluding carboxylic acids is 1. The number of amides is 1. The van der Waals surface area contributed by atoms with Crippen LogP contribution in [0.15, 0.2) is 59.8 Å². The van der Waals surface area contributed by atoms with Crippen LogP contribution in [0.5, 0.6) is 0 Å². The second kappa shape index (κ2) is 7.13. The Morgan fingerprint density at radius 1 is 1.29 bits per heavy atom. The zero-order valence-corrected chi connectivity index (χ0v) is 17.3. The van der Waals surface area contributed by atoms with Crippen LogP contribution in [0, 0.1) is 45.3 Å². The first kappa shape index (κ1) is 20.4. The molecule has 31 heavy (non-hydrogen) atoms. The van der Waals surface area contributed by atoms with Crippen LogP contribution in [0.1, 0.15) is 12.5 Å². The van der Waals surface area contributed by atoms with Crippen molar-refractivity contribution in [2.45, 2.75) is 12.3 Å². The summed E-state index contributed by atoms with van der Waals surface area (Å²) >= 11 is 0. The van der Waals surface area contributed by atoms with E-state index in [1.54, 1.807) is 11.0 Å². The van der Waals surface area contributed by atoms with Crippen LogP contribution in [-0.2, 0) is 10.2 Å². The maximum atomic E-state index is 14.1. The number of anilines is 1. The number of likely N-dealkylation sites (N-methyl/N-ethyl adjacent to an activating group) is 1. The van der Waals surface area contributed by atoms with E-state index in [-0.39, 0.29) is 23.7 Å². The molecule has 0 aromatic heterocycles. The minimum Gasteiger partial charge on any atom is -0.399 e. The van der Waals surface area contributed by atoms with Crippen LogP contribution < -0.4 is 10.6 Å². The average molecular weight is 410 g/mol. The third-order valence-corrected chi connectivity index (χ3v) is 6.82. The molecule has 2 atom stereocenters. The summed E-state index contributed by atoms with van der Waals surface area (Å²) in [6.45, 7) is 7.78. The molecule has 0 bridgehead atoms. The number of carbonyl (C=O) groups is 1. The molecule has 154 valence electrons. The molecule has 0 saturated carbocycles. The van der Waals surface area contributed by atoms with Crippen molar-refractivity contribution in [1.82, 2.24) is 4.90 Å². The molecule has 1 aliphatic carbocycles. The molecule has 0 radical (unpaired) electrons. The number of nitrogens with zero attached hydrogens (tertiary/aromatic N) is 5. The number of nitrogens with two attached hydrogens (primary N) is 1. The van der Waals surface area contributed by atoms with E-state index in [9.17, 15) is 20.6 Å². The van der Waals surface area contributed by atoms with Gasteiger partial charge in [-0.25, -0.2) is 0 Å². The highest BCUT2D eigenvalue weighted by Gasteiger charge is 2.66. The van der Waals surface area contributed by atoms with E-state index >= 15 is 0 Å². The topological polar surface area (TPSA) is 121 Å². The van der Waals surface area contributed by atoms with E-state index in [4.69, 9.17) is 5.73 Å². The molecular formula is C24H22N6O. The second-order valence-corrected chi connectivity index (χ2v) is 7.97. The number of nitriles is 3. The molecule has 2 aliphatic heterocycles. The number of allylic oxidation sites excluding steroid dienone is 1. The maximum Gasteiger partial charge on any atom is 0.243 e. The minimum atomic E-state index is -1.76. The molecule has 1 spiro atoms. The fraction of sp³-hybridized carbons (Fsp3) is 0.333. The van der Waals surface area contributed by atoms with Crippen LogP contribution in [-0.4, -0.2) is 37.0 Å². The van der Waals surface area contributed by atoms with Crippen molar-refractivity contribution in [3.63, 3.8) is 0 Å². The third-order valence-electron chi connectivity index (χ3n) is 6.82. The van der Waals surface area contributed by atoms with Gasteiger partial charge in [-0.05, 0) is 23.7 Å². The van der Waals surface area contributed by atoms with Gasteiger partial charge in [0.2, 0.25) is 11.3 Å². The number of para-hydroxylation sites is 1. The van der Waals surface area contributed by atoms with Crippen molar-refractivity contribution in [2.75, 3.05) is 31.1 Å². The van der Waals surface area contributed by atoms with E-state index in [0.29, 0.717) is 29.9 Å². The predicted octanol–water partition coefficient (Wildman–Crippen LogP) is 2.12. The van der Waals surface area contributed by atoms with E-state index < -0.39 is 16.7 Å². The Labute approximate surface area is 181 Å². The lowest BCUT2D eigenvalue weighted by molar-refractivity contribution is -0.123. The van der Waals surface area contributed by atoms with Gasteiger partial charge in [-0.1, -0.05) is 37.3 Å². The molecule has 0 saturated heterocycles. The predicted molar refractivity (Wildman–Crippen MR) is 115 cm³/mol. The SMILES string of the molecule is C=CCN1C(=O)[C@@]2(C(C#N)=C(N)C(C#N)(C#N)C3=CCN(CC)C[C@H]32)c2ccccc21. The molecule has 1 amide bonds. The monoisotopic (exact) mass is 410 g/mol. The highest BCUT2D eigenvalue weighted by molar-refractivity contribution is 6.12. The first-order valence-corrected chi connectivity index (χ1v) is 10.2. The van der Waals surface area contributed by atoms with Crippen molar-refractivity contribution in [2.24, 2.45) is 17.1 Å². The Morgan fingerprint density at radius 2 is 2.00 bits per heavy atom. The average Bonchev–Trinajstić information content (AvgIpc) is 3.04. The second-order valence-electron chi connectivity index (χ2n) is 7.97. The lowest BCUT2D eigenvalue weighted by atomic mass is 9.52. The van der Waals surface area contributed by atoms with Crippen molar-refractivity contribution in [3.05, 3.63) is 65.4 Å². The van der Waals surface area contributed by atoms with Crippen LogP contribution in [0.4, 0.5) is 5.69 Å². The summed E-state index contributed by atoms with van der Waals surface area (Å²) in [5.74, 6) is -0.836. The smallest absolute Gasteiger partial charge is 0.243 e. The summed E-state index contributed by atoms with van der Waals surface area (Å²) in [5, 5.41) is 30.4. The largest absolute Gasteiger partial charge is 0.399 e. The molecule has 3 aliphatic rings. The van der Waals surface area contributed by atoms with Gasteiger partial charge >= 0.3 is 0 Å². The summed E-state index contributed by atoms with van der Waals surface area (Å²) in [4.78, 5) is 17.9. The number of benzene rings is 1. The van der Waals surface area contributed by atoms with Crippen LogP contribution >= 0.6 is 0 Å². The molecular weight excluding hydrogens is 388 g/mol. The fourth-order valence-corrected chi connectivity index (χ4v) is 5.36. The molecule has 7 heteroatoms. The zero-order chi connectivity index (χ0) is 22.4. The van der Waals surface area contributed by atoms with Crippen LogP contribution in [0.25, 0.3) is 0 Å². The summed E-state index contributed by atoms with van der Waals surface area (Å²) < 4.78 is 0. The van der Waals surface area contributed by atoms with Crippen LogP contribution in [0.2, 0.25) is 0 Å².